The van der Waals surface area contributed by atoms with Crippen LogP contribution < -0.4 is 15.8 Å². The fourth-order valence-corrected chi connectivity index (χ4v) is 7.18. The van der Waals surface area contributed by atoms with Crippen LogP contribution >= 0.6 is 0 Å². The molecule has 5 aromatic rings. The number of ether oxygens (including phenoxy) is 1. The number of carbonyl (C=O) groups is 1. The Balaban J connectivity index is 1.18. The predicted molar refractivity (Wildman–Crippen MR) is 167 cm³/mol. The molecule has 2 saturated carbocycles. The van der Waals surface area contributed by atoms with Gasteiger partial charge >= 0.3 is 0 Å². The number of piperidine rings is 1. The van der Waals surface area contributed by atoms with Crippen LogP contribution in [0.1, 0.15) is 36.0 Å². The van der Waals surface area contributed by atoms with Crippen LogP contribution in [-0.4, -0.2) is 77.1 Å². The van der Waals surface area contributed by atoms with Crippen LogP contribution in [-0.2, 0) is 20.1 Å². The Morgan fingerprint density at radius 3 is 2.70 bits per heavy atom. The Hall–Kier alpha value is -4.42. The number of anilines is 2. The second kappa shape index (κ2) is 10.3. The molecule has 4 aromatic heterocycles. The largest absolute Gasteiger partial charge is 0.494 e. The van der Waals surface area contributed by atoms with Gasteiger partial charge in [-0.3, -0.25) is 9.48 Å². The van der Waals surface area contributed by atoms with Gasteiger partial charge < -0.3 is 34.9 Å². The van der Waals surface area contributed by atoms with E-state index in [1.54, 1.807) is 11.8 Å². The topological polar surface area (TPSA) is 141 Å². The Kier molecular flexibility index (Phi) is 6.38. The van der Waals surface area contributed by atoms with Gasteiger partial charge in [0.05, 0.1) is 31.5 Å². The zero-order chi connectivity index (χ0) is 30.1. The van der Waals surface area contributed by atoms with Crippen LogP contribution in [0, 0.1) is 11.8 Å². The highest BCUT2D eigenvalue weighted by atomic mass is 16.5. The lowest BCUT2D eigenvalue weighted by Crippen LogP contribution is -2.41. The van der Waals surface area contributed by atoms with E-state index in [2.05, 4.69) is 31.7 Å². The van der Waals surface area contributed by atoms with E-state index in [1.807, 2.05) is 42.4 Å². The van der Waals surface area contributed by atoms with Gasteiger partial charge in [0.2, 0.25) is 0 Å². The summed E-state index contributed by atoms with van der Waals surface area (Å²) in [7, 11) is 3.63. The first-order chi connectivity index (χ1) is 21.4. The molecule has 3 atom stereocenters. The van der Waals surface area contributed by atoms with Crippen molar-refractivity contribution in [3.63, 3.8) is 0 Å². The van der Waals surface area contributed by atoms with Gasteiger partial charge in [0.25, 0.3) is 5.91 Å². The number of nitrogens with zero attached hydrogens (tertiary/aromatic N) is 7. The molecule has 2 aliphatic carbocycles. The van der Waals surface area contributed by atoms with E-state index in [4.69, 9.17) is 20.4 Å². The molecule has 3 fully saturated rings. The maximum atomic E-state index is 13.7. The fourth-order valence-electron chi connectivity index (χ4n) is 7.18. The van der Waals surface area contributed by atoms with E-state index < -0.39 is 0 Å². The Labute approximate surface area is 254 Å². The fraction of sp³-hybridized carbons (Fsp3) is 0.438. The van der Waals surface area contributed by atoms with Crippen molar-refractivity contribution in [2.45, 2.75) is 50.9 Å². The van der Waals surface area contributed by atoms with Crippen LogP contribution in [0.5, 0.6) is 5.75 Å². The third-order valence-electron chi connectivity index (χ3n) is 9.65. The number of imidazole rings is 1. The number of amides is 1. The molecular formula is C32H37N9O3. The van der Waals surface area contributed by atoms with Gasteiger partial charge in [-0.15, -0.1) is 0 Å². The number of fused-ring (bicyclic) bond motifs is 4. The maximum Gasteiger partial charge on any atom is 0.254 e. The summed E-state index contributed by atoms with van der Waals surface area (Å²) in [5.74, 6) is 3.76. The zero-order valence-corrected chi connectivity index (χ0v) is 25.0. The summed E-state index contributed by atoms with van der Waals surface area (Å²) in [6, 6.07) is 11.9. The summed E-state index contributed by atoms with van der Waals surface area (Å²) in [5, 5.41) is 18.0. The third-order valence-corrected chi connectivity index (χ3v) is 9.65. The summed E-state index contributed by atoms with van der Waals surface area (Å²) in [6.07, 6.45) is 6.28. The van der Waals surface area contributed by atoms with Crippen LogP contribution in [0.25, 0.3) is 33.6 Å². The van der Waals surface area contributed by atoms with Crippen LogP contribution in [0.2, 0.25) is 0 Å². The highest BCUT2D eigenvalue weighted by Crippen LogP contribution is 2.40. The van der Waals surface area contributed by atoms with Gasteiger partial charge in [-0.05, 0) is 67.9 Å². The van der Waals surface area contributed by atoms with Crippen molar-refractivity contribution < 1.29 is 14.6 Å². The Morgan fingerprint density at radius 2 is 1.98 bits per heavy atom. The molecule has 4 N–H and O–H groups in total. The van der Waals surface area contributed by atoms with E-state index in [-0.39, 0.29) is 24.6 Å². The number of aromatic nitrogens is 6. The second-order valence-corrected chi connectivity index (χ2v) is 12.5. The number of carbonyl (C=O) groups excluding carboxylic acids is 1. The minimum atomic E-state index is -0.00618. The number of aliphatic hydroxyl groups is 1. The lowest BCUT2D eigenvalue weighted by Gasteiger charge is -2.27. The molecule has 1 saturated heterocycles. The molecule has 1 aliphatic heterocycles. The smallest absolute Gasteiger partial charge is 0.254 e. The number of nitrogens with one attached hydrogen (secondary N) is 1. The number of hydrogen-bond donors (Lipinski definition) is 3. The van der Waals surface area contributed by atoms with E-state index in [0.29, 0.717) is 47.9 Å². The monoisotopic (exact) mass is 595 g/mol. The number of likely N-dealkylation sites (tertiary alicyclic amines) is 1. The SMILES string of the molecule is COc1cc(C(=O)N2C[C@H]3CC[C@@H]2[C@@H]3N)cc2nc(-c3cc4ccc(Nc5ccn(CCO)n5)nc4n3CC3CC3)n(C)c12. The number of pyridine rings is 1. The van der Waals surface area contributed by atoms with Gasteiger partial charge in [0, 0.05) is 55.4 Å². The molecule has 44 heavy (non-hydrogen) atoms. The molecule has 12 heteroatoms. The molecule has 8 rings (SSSR count). The van der Waals surface area contributed by atoms with Crippen molar-refractivity contribution in [2.24, 2.45) is 24.6 Å². The Bertz CT molecular complexity index is 1900. The average Bonchev–Trinajstić information content (AvgIpc) is 3.28. The van der Waals surface area contributed by atoms with Crippen LogP contribution in [0.15, 0.2) is 42.6 Å². The molecule has 5 heterocycles. The minimum absolute atomic E-state index is 0.00618. The summed E-state index contributed by atoms with van der Waals surface area (Å²) < 4.78 is 11.9. The molecule has 0 spiro atoms. The van der Waals surface area contributed by atoms with Crippen molar-refractivity contribution in [2.75, 3.05) is 25.6 Å². The first-order valence-electron chi connectivity index (χ1n) is 15.4. The van der Waals surface area contributed by atoms with E-state index >= 15 is 0 Å². The van der Waals surface area contributed by atoms with Gasteiger partial charge in [-0.25, -0.2) is 9.97 Å². The highest BCUT2D eigenvalue weighted by Gasteiger charge is 2.47. The number of benzene rings is 1. The van der Waals surface area contributed by atoms with Gasteiger partial charge in [0.15, 0.2) is 11.6 Å². The van der Waals surface area contributed by atoms with E-state index in [9.17, 15) is 9.90 Å². The summed E-state index contributed by atoms with van der Waals surface area (Å²) >= 11 is 0. The summed E-state index contributed by atoms with van der Waals surface area (Å²) in [4.78, 5) is 25.8. The van der Waals surface area contributed by atoms with Gasteiger partial charge in [-0.2, -0.15) is 5.10 Å². The second-order valence-electron chi connectivity index (χ2n) is 12.5. The number of aryl methyl sites for hydroxylation is 1. The number of hydrogen-bond acceptors (Lipinski definition) is 8. The molecule has 228 valence electrons. The van der Waals surface area contributed by atoms with Gasteiger partial charge in [-0.1, -0.05) is 0 Å². The molecule has 0 unspecified atom stereocenters. The van der Waals surface area contributed by atoms with Crippen molar-refractivity contribution in [3.8, 4) is 17.3 Å². The molecule has 12 nitrogen and oxygen atoms in total. The molecular weight excluding hydrogens is 558 g/mol. The number of rotatable bonds is 9. The number of nitrogens with two attached hydrogens (primary N) is 1. The molecule has 1 aromatic carbocycles. The average molecular weight is 596 g/mol. The molecule has 0 radical (unpaired) electrons. The molecule has 1 amide bonds. The summed E-state index contributed by atoms with van der Waals surface area (Å²) in [5.41, 5.74) is 10.4. The van der Waals surface area contributed by atoms with Crippen LogP contribution in [0.4, 0.5) is 11.6 Å². The lowest BCUT2D eigenvalue weighted by molar-refractivity contribution is 0.0700. The molecule has 3 aliphatic rings. The maximum absolute atomic E-state index is 13.7. The van der Waals surface area contributed by atoms with Crippen molar-refractivity contribution in [1.29, 1.82) is 0 Å². The van der Waals surface area contributed by atoms with E-state index in [1.165, 1.54) is 12.8 Å². The lowest BCUT2D eigenvalue weighted by atomic mass is 10.1. The third kappa shape index (κ3) is 4.43. The quantitative estimate of drug-likeness (QED) is 0.235. The first kappa shape index (κ1) is 27.2. The van der Waals surface area contributed by atoms with E-state index in [0.717, 1.165) is 53.0 Å². The van der Waals surface area contributed by atoms with Crippen molar-refractivity contribution in [1.82, 2.24) is 33.8 Å². The van der Waals surface area contributed by atoms with Gasteiger partial charge in [0.1, 0.15) is 22.7 Å². The number of methoxy groups -OCH3 is 1. The zero-order valence-electron chi connectivity index (χ0n) is 25.0. The van der Waals surface area contributed by atoms with Crippen molar-refractivity contribution >= 4 is 39.6 Å². The standard InChI is InChI=1S/C32H37N9O3/c1-38-29-22(13-21(15-25(29)44-2)32(43)41-17-20-5-7-23(41)28(20)33)34-31(38)24-14-19-6-8-26(35-27-9-10-39(37-27)11-12-42)36-30(19)40(24)16-18-3-4-18/h6,8-10,13-15,18,20,23,28,42H,3-5,7,11-12,16-17,33H2,1-2H3,(H,35,36,37)/t20-,23-,28-/m1/s1. The first-order valence-corrected chi connectivity index (χ1v) is 15.4. The molecule has 2 bridgehead atoms. The number of aliphatic hydroxyl groups excluding tert-OH is 1. The predicted octanol–water partition coefficient (Wildman–Crippen LogP) is 3.50. The highest BCUT2D eigenvalue weighted by molar-refractivity contribution is 6.00. The van der Waals surface area contributed by atoms with Crippen molar-refractivity contribution in [3.05, 3.63) is 48.2 Å². The normalized spacial score (nSPS) is 21.2. The van der Waals surface area contributed by atoms with Crippen LogP contribution in [0.3, 0.4) is 0 Å². The summed E-state index contributed by atoms with van der Waals surface area (Å²) in [6.45, 7) is 2.03. The minimum Gasteiger partial charge on any atom is -0.494 e. The Morgan fingerprint density at radius 1 is 1.11 bits per heavy atom.